The molecule has 1 heterocycles. The summed E-state index contributed by atoms with van der Waals surface area (Å²) in [4.78, 5) is 0. The fourth-order valence-electron chi connectivity index (χ4n) is 2.92. The van der Waals surface area contributed by atoms with Gasteiger partial charge in [-0.15, -0.1) is 0 Å². The lowest BCUT2D eigenvalue weighted by Crippen LogP contribution is -2.34. The molecule has 0 bridgehead atoms. The fourth-order valence-corrected chi connectivity index (χ4v) is 2.92. The molecule has 74 valence electrons. The van der Waals surface area contributed by atoms with Crippen molar-refractivity contribution < 1.29 is 4.39 Å². The highest BCUT2D eigenvalue weighted by Crippen LogP contribution is 2.49. The average molecular weight is 191 g/mol. The number of halogens is 1. The van der Waals surface area contributed by atoms with Crippen LogP contribution >= 0.6 is 0 Å². The van der Waals surface area contributed by atoms with Crippen molar-refractivity contribution in [1.29, 1.82) is 0 Å². The van der Waals surface area contributed by atoms with E-state index in [1.54, 1.807) is 12.1 Å². The standard InChI is InChI=1S/C12H14FN/c13-12-4-2-1-3-9(12)10-5-8-6-14-7-11(8)10/h1-4,8,10-11,14H,5-7H2. The van der Waals surface area contributed by atoms with Crippen LogP contribution < -0.4 is 5.32 Å². The van der Waals surface area contributed by atoms with Gasteiger partial charge in [0, 0.05) is 0 Å². The maximum atomic E-state index is 13.5. The molecule has 3 rings (SSSR count). The quantitative estimate of drug-likeness (QED) is 0.717. The molecule has 1 aromatic rings. The van der Waals surface area contributed by atoms with Gasteiger partial charge in [0.25, 0.3) is 0 Å². The smallest absolute Gasteiger partial charge is 0.126 e. The lowest BCUT2D eigenvalue weighted by Gasteiger charge is -2.40. The molecular formula is C12H14FN. The minimum Gasteiger partial charge on any atom is -0.316 e. The van der Waals surface area contributed by atoms with Crippen LogP contribution in [0.2, 0.25) is 0 Å². The van der Waals surface area contributed by atoms with Crippen molar-refractivity contribution in [3.05, 3.63) is 35.6 Å². The van der Waals surface area contributed by atoms with E-state index in [0.29, 0.717) is 11.8 Å². The molecule has 1 saturated carbocycles. The first-order valence-electron chi connectivity index (χ1n) is 5.31. The van der Waals surface area contributed by atoms with E-state index >= 15 is 0 Å². The van der Waals surface area contributed by atoms with Crippen LogP contribution in [0.4, 0.5) is 4.39 Å². The molecule has 1 aliphatic heterocycles. The van der Waals surface area contributed by atoms with Crippen LogP contribution in [0.25, 0.3) is 0 Å². The number of nitrogens with one attached hydrogen (secondary N) is 1. The molecule has 1 aromatic carbocycles. The molecule has 0 radical (unpaired) electrons. The van der Waals surface area contributed by atoms with Gasteiger partial charge in [-0.05, 0) is 48.9 Å². The number of rotatable bonds is 1. The van der Waals surface area contributed by atoms with Gasteiger partial charge in [-0.25, -0.2) is 4.39 Å². The fraction of sp³-hybridized carbons (Fsp3) is 0.500. The first-order valence-corrected chi connectivity index (χ1v) is 5.31. The van der Waals surface area contributed by atoms with E-state index in [0.717, 1.165) is 24.6 Å². The van der Waals surface area contributed by atoms with Crippen LogP contribution in [-0.2, 0) is 0 Å². The van der Waals surface area contributed by atoms with Crippen LogP contribution in [-0.4, -0.2) is 13.1 Å². The molecule has 1 aliphatic carbocycles. The molecule has 1 N–H and O–H groups in total. The molecule has 1 nitrogen and oxygen atoms in total. The van der Waals surface area contributed by atoms with Gasteiger partial charge in [0.15, 0.2) is 0 Å². The Morgan fingerprint density at radius 2 is 2.07 bits per heavy atom. The molecule has 2 heteroatoms. The Hall–Kier alpha value is -0.890. The molecule has 0 aromatic heterocycles. The summed E-state index contributed by atoms with van der Waals surface area (Å²) in [7, 11) is 0. The number of hydrogen-bond acceptors (Lipinski definition) is 1. The zero-order chi connectivity index (χ0) is 9.54. The lowest BCUT2D eigenvalue weighted by molar-refractivity contribution is 0.187. The third-order valence-electron chi connectivity index (χ3n) is 3.77. The first-order chi connectivity index (χ1) is 6.86. The van der Waals surface area contributed by atoms with Crippen LogP contribution in [0.5, 0.6) is 0 Å². The second-order valence-electron chi connectivity index (χ2n) is 4.45. The summed E-state index contributed by atoms with van der Waals surface area (Å²) in [5.74, 6) is 1.94. The van der Waals surface area contributed by atoms with Crippen molar-refractivity contribution in [2.24, 2.45) is 11.8 Å². The normalized spacial score (nSPS) is 35.1. The first kappa shape index (κ1) is 8.42. The van der Waals surface area contributed by atoms with Crippen LogP contribution in [0.3, 0.4) is 0 Å². The van der Waals surface area contributed by atoms with Gasteiger partial charge < -0.3 is 5.32 Å². The van der Waals surface area contributed by atoms with E-state index in [9.17, 15) is 4.39 Å². The topological polar surface area (TPSA) is 12.0 Å². The van der Waals surface area contributed by atoms with Crippen molar-refractivity contribution in [3.63, 3.8) is 0 Å². The monoisotopic (exact) mass is 191 g/mol. The van der Waals surface area contributed by atoms with E-state index in [1.165, 1.54) is 6.42 Å². The number of fused-ring (bicyclic) bond motifs is 1. The van der Waals surface area contributed by atoms with E-state index in [1.807, 2.05) is 12.1 Å². The number of hydrogen-bond donors (Lipinski definition) is 1. The number of benzene rings is 1. The van der Waals surface area contributed by atoms with Crippen LogP contribution in [0.15, 0.2) is 24.3 Å². The summed E-state index contributed by atoms with van der Waals surface area (Å²) in [6.07, 6.45) is 1.17. The predicted molar refractivity (Wildman–Crippen MR) is 53.6 cm³/mol. The lowest BCUT2D eigenvalue weighted by atomic mass is 9.64. The maximum absolute atomic E-state index is 13.5. The molecule has 2 fully saturated rings. The molecule has 3 atom stereocenters. The van der Waals surface area contributed by atoms with Crippen LogP contribution in [0.1, 0.15) is 17.9 Å². The second-order valence-corrected chi connectivity index (χ2v) is 4.45. The highest BCUT2D eigenvalue weighted by molar-refractivity contribution is 5.26. The third-order valence-corrected chi connectivity index (χ3v) is 3.77. The largest absolute Gasteiger partial charge is 0.316 e. The van der Waals surface area contributed by atoms with Gasteiger partial charge in [0.2, 0.25) is 0 Å². The average Bonchev–Trinajstić information content (AvgIpc) is 2.52. The second kappa shape index (κ2) is 3.06. The van der Waals surface area contributed by atoms with Crippen LogP contribution in [0, 0.1) is 17.7 Å². The maximum Gasteiger partial charge on any atom is 0.126 e. The van der Waals surface area contributed by atoms with Crippen molar-refractivity contribution in [2.45, 2.75) is 12.3 Å². The Morgan fingerprint density at radius 1 is 1.21 bits per heavy atom. The van der Waals surface area contributed by atoms with Gasteiger partial charge in [-0.1, -0.05) is 18.2 Å². The van der Waals surface area contributed by atoms with Crippen molar-refractivity contribution in [2.75, 3.05) is 13.1 Å². The van der Waals surface area contributed by atoms with Gasteiger partial charge >= 0.3 is 0 Å². The highest BCUT2D eigenvalue weighted by Gasteiger charge is 2.45. The Morgan fingerprint density at radius 3 is 2.86 bits per heavy atom. The SMILES string of the molecule is Fc1ccccc1C1CC2CNCC21. The molecule has 0 spiro atoms. The molecule has 1 saturated heterocycles. The van der Waals surface area contributed by atoms with Gasteiger partial charge in [-0.3, -0.25) is 0 Å². The Labute approximate surface area is 83.3 Å². The minimum atomic E-state index is -0.0251. The van der Waals surface area contributed by atoms with E-state index < -0.39 is 0 Å². The predicted octanol–water partition coefficient (Wildman–Crippen LogP) is 2.15. The van der Waals surface area contributed by atoms with Crippen molar-refractivity contribution in [1.82, 2.24) is 5.32 Å². The van der Waals surface area contributed by atoms with E-state index in [-0.39, 0.29) is 5.82 Å². The summed E-state index contributed by atoms with van der Waals surface area (Å²) in [6, 6.07) is 7.22. The van der Waals surface area contributed by atoms with Gasteiger partial charge in [-0.2, -0.15) is 0 Å². The van der Waals surface area contributed by atoms with Gasteiger partial charge in [0.1, 0.15) is 5.82 Å². The zero-order valence-electron chi connectivity index (χ0n) is 8.04. The summed E-state index contributed by atoms with van der Waals surface area (Å²) in [5.41, 5.74) is 0.928. The highest BCUT2D eigenvalue weighted by atomic mass is 19.1. The Balaban J connectivity index is 1.87. The zero-order valence-corrected chi connectivity index (χ0v) is 8.04. The minimum absolute atomic E-state index is 0.0251. The van der Waals surface area contributed by atoms with Crippen molar-refractivity contribution >= 4 is 0 Å². The molecule has 14 heavy (non-hydrogen) atoms. The molecule has 2 aliphatic rings. The third kappa shape index (κ3) is 1.10. The Bertz CT molecular complexity index is 350. The molecular weight excluding hydrogens is 177 g/mol. The van der Waals surface area contributed by atoms with Crippen molar-refractivity contribution in [3.8, 4) is 0 Å². The van der Waals surface area contributed by atoms with Gasteiger partial charge in [0.05, 0.1) is 0 Å². The summed E-state index contributed by atoms with van der Waals surface area (Å²) in [5, 5.41) is 3.38. The molecule has 0 amide bonds. The van der Waals surface area contributed by atoms with E-state index in [4.69, 9.17) is 0 Å². The summed E-state index contributed by atoms with van der Waals surface area (Å²) < 4.78 is 13.5. The van der Waals surface area contributed by atoms with E-state index in [2.05, 4.69) is 5.32 Å². The molecule has 3 unspecified atom stereocenters. The summed E-state index contributed by atoms with van der Waals surface area (Å²) >= 11 is 0. The Kier molecular flexibility index (Phi) is 1.84. The summed E-state index contributed by atoms with van der Waals surface area (Å²) in [6.45, 7) is 2.21.